The lowest BCUT2D eigenvalue weighted by Gasteiger charge is -2.24. The maximum absolute atomic E-state index is 12.3. The van der Waals surface area contributed by atoms with Crippen molar-refractivity contribution in [3.63, 3.8) is 0 Å². The van der Waals surface area contributed by atoms with Crippen molar-refractivity contribution in [1.82, 2.24) is 4.90 Å². The molecule has 1 fully saturated rings. The number of thioether (sulfide) groups is 1. The highest BCUT2D eigenvalue weighted by Gasteiger charge is 2.27. The minimum atomic E-state index is 0.227. The number of hydrogen-bond acceptors (Lipinski definition) is 3. The van der Waals surface area contributed by atoms with Crippen LogP contribution in [0.1, 0.15) is 31.2 Å². The lowest BCUT2D eigenvalue weighted by molar-refractivity contribution is -0.129. The summed E-state index contributed by atoms with van der Waals surface area (Å²) in [4.78, 5) is 14.3. The van der Waals surface area contributed by atoms with Crippen LogP contribution in [-0.2, 0) is 11.2 Å². The number of aryl methyl sites for hydroxylation is 1. The number of amides is 1. The molecule has 1 heterocycles. The van der Waals surface area contributed by atoms with Gasteiger partial charge in [0.25, 0.3) is 0 Å². The van der Waals surface area contributed by atoms with E-state index in [0.717, 1.165) is 44.4 Å². The Kier molecular flexibility index (Phi) is 7.10. The van der Waals surface area contributed by atoms with Crippen LogP contribution in [0.25, 0.3) is 0 Å². The zero-order valence-corrected chi connectivity index (χ0v) is 13.4. The molecule has 1 amide bonds. The molecule has 4 heteroatoms. The molecule has 1 aliphatic heterocycles. The van der Waals surface area contributed by atoms with Crippen molar-refractivity contribution in [3.05, 3.63) is 35.9 Å². The highest BCUT2D eigenvalue weighted by atomic mass is 32.2. The van der Waals surface area contributed by atoms with Gasteiger partial charge in [0.15, 0.2) is 0 Å². The molecule has 0 saturated carbocycles. The zero-order chi connectivity index (χ0) is 14.9. The highest BCUT2D eigenvalue weighted by Crippen LogP contribution is 2.22. The van der Waals surface area contributed by atoms with Crippen molar-refractivity contribution in [2.45, 2.75) is 38.1 Å². The van der Waals surface area contributed by atoms with Crippen LogP contribution in [0, 0.1) is 0 Å². The van der Waals surface area contributed by atoms with Crippen LogP contribution in [0.2, 0.25) is 0 Å². The fraction of sp³-hybridized carbons (Fsp3) is 0.588. The summed E-state index contributed by atoms with van der Waals surface area (Å²) in [5, 5.41) is 8.93. The lowest BCUT2D eigenvalue weighted by atomic mass is 10.1. The monoisotopic (exact) mass is 307 g/mol. The van der Waals surface area contributed by atoms with Crippen molar-refractivity contribution >= 4 is 17.7 Å². The number of rotatable bonds is 8. The van der Waals surface area contributed by atoms with E-state index in [2.05, 4.69) is 24.3 Å². The Morgan fingerprint density at radius 3 is 2.90 bits per heavy atom. The summed E-state index contributed by atoms with van der Waals surface area (Å²) in [5.74, 6) is 1.85. The van der Waals surface area contributed by atoms with E-state index in [1.54, 1.807) is 11.8 Å². The van der Waals surface area contributed by atoms with Gasteiger partial charge in [-0.3, -0.25) is 4.79 Å². The maximum atomic E-state index is 12.3. The van der Waals surface area contributed by atoms with Crippen LogP contribution < -0.4 is 0 Å². The molecule has 0 aromatic heterocycles. The van der Waals surface area contributed by atoms with Gasteiger partial charge in [-0.05, 0) is 43.4 Å². The lowest BCUT2D eigenvalue weighted by Crippen LogP contribution is -2.36. The number of carbonyl (C=O) groups is 1. The second-order valence-corrected chi connectivity index (χ2v) is 6.64. The van der Waals surface area contributed by atoms with E-state index >= 15 is 0 Å². The Balaban J connectivity index is 1.66. The number of carbonyl (C=O) groups excluding carboxylic acids is 1. The molecule has 0 bridgehead atoms. The van der Waals surface area contributed by atoms with Gasteiger partial charge in [0, 0.05) is 19.2 Å². The number of aliphatic hydroxyl groups is 1. The number of benzene rings is 1. The summed E-state index contributed by atoms with van der Waals surface area (Å²) in [7, 11) is 0. The third-order valence-corrected chi connectivity index (χ3v) is 4.94. The molecule has 2 rings (SSSR count). The summed E-state index contributed by atoms with van der Waals surface area (Å²) in [6, 6.07) is 10.8. The first kappa shape index (κ1) is 16.4. The zero-order valence-electron chi connectivity index (χ0n) is 12.5. The molecule has 1 aromatic carbocycles. The van der Waals surface area contributed by atoms with Crippen LogP contribution in [0.3, 0.4) is 0 Å². The summed E-state index contributed by atoms with van der Waals surface area (Å²) in [6.07, 6.45) is 4.97. The van der Waals surface area contributed by atoms with Crippen LogP contribution in [0.4, 0.5) is 0 Å². The smallest absolute Gasteiger partial charge is 0.232 e. The van der Waals surface area contributed by atoms with Crippen molar-refractivity contribution in [1.29, 1.82) is 0 Å². The summed E-state index contributed by atoms with van der Waals surface area (Å²) < 4.78 is 0. The molecule has 1 aromatic rings. The average Bonchev–Trinajstić information content (AvgIpc) is 2.99. The predicted octanol–water partition coefficient (Wildman–Crippen LogP) is 2.73. The second kappa shape index (κ2) is 9.11. The normalized spacial score (nSPS) is 18.1. The van der Waals surface area contributed by atoms with E-state index in [0.29, 0.717) is 11.8 Å². The first-order valence-corrected chi connectivity index (χ1v) is 8.98. The van der Waals surface area contributed by atoms with Gasteiger partial charge >= 0.3 is 0 Å². The number of nitrogens with zero attached hydrogens (tertiary/aromatic N) is 1. The molecule has 1 N–H and O–H groups in total. The van der Waals surface area contributed by atoms with E-state index in [4.69, 9.17) is 5.11 Å². The van der Waals surface area contributed by atoms with Gasteiger partial charge in [-0.15, -0.1) is 0 Å². The number of aliphatic hydroxyl groups excluding tert-OH is 1. The van der Waals surface area contributed by atoms with Crippen LogP contribution >= 0.6 is 11.8 Å². The Bertz CT molecular complexity index is 424. The quantitative estimate of drug-likeness (QED) is 0.751. The third-order valence-electron chi connectivity index (χ3n) is 4.00. The summed E-state index contributed by atoms with van der Waals surface area (Å²) >= 11 is 1.73. The Labute approximate surface area is 131 Å². The largest absolute Gasteiger partial charge is 0.396 e. The molecule has 1 atom stereocenters. The molecule has 1 unspecified atom stereocenters. The molecule has 21 heavy (non-hydrogen) atoms. The molecular weight excluding hydrogens is 282 g/mol. The van der Waals surface area contributed by atoms with Gasteiger partial charge in [-0.2, -0.15) is 11.8 Å². The molecule has 3 nitrogen and oxygen atoms in total. The topological polar surface area (TPSA) is 40.5 Å². The SMILES string of the molecule is O=C(CSCCc1ccccc1)N1CCCC1CCCO. The van der Waals surface area contributed by atoms with Gasteiger partial charge in [-0.25, -0.2) is 0 Å². The molecule has 0 aliphatic carbocycles. The Hall–Kier alpha value is -1.00. The Morgan fingerprint density at radius 2 is 2.14 bits per heavy atom. The van der Waals surface area contributed by atoms with Gasteiger partial charge in [0.05, 0.1) is 5.75 Å². The second-order valence-electron chi connectivity index (χ2n) is 5.54. The maximum Gasteiger partial charge on any atom is 0.232 e. The van der Waals surface area contributed by atoms with E-state index in [-0.39, 0.29) is 12.5 Å². The summed E-state index contributed by atoms with van der Waals surface area (Å²) in [6.45, 7) is 1.12. The number of hydrogen-bond donors (Lipinski definition) is 1. The minimum absolute atomic E-state index is 0.227. The van der Waals surface area contributed by atoms with E-state index in [1.165, 1.54) is 5.56 Å². The van der Waals surface area contributed by atoms with E-state index < -0.39 is 0 Å². The minimum Gasteiger partial charge on any atom is -0.396 e. The first-order valence-electron chi connectivity index (χ1n) is 7.83. The molecule has 0 radical (unpaired) electrons. The molecular formula is C17H25NO2S. The Morgan fingerprint density at radius 1 is 1.33 bits per heavy atom. The fourth-order valence-corrected chi connectivity index (χ4v) is 3.73. The first-order chi connectivity index (χ1) is 10.3. The van der Waals surface area contributed by atoms with Crippen molar-refractivity contribution in [2.75, 3.05) is 24.7 Å². The molecule has 1 saturated heterocycles. The van der Waals surface area contributed by atoms with Gasteiger partial charge in [0.1, 0.15) is 0 Å². The average molecular weight is 307 g/mol. The van der Waals surface area contributed by atoms with Crippen molar-refractivity contribution in [3.8, 4) is 0 Å². The number of likely N-dealkylation sites (tertiary alicyclic amines) is 1. The van der Waals surface area contributed by atoms with E-state index in [9.17, 15) is 4.79 Å². The van der Waals surface area contributed by atoms with Gasteiger partial charge < -0.3 is 10.0 Å². The van der Waals surface area contributed by atoms with Crippen LogP contribution in [-0.4, -0.2) is 46.6 Å². The molecule has 1 aliphatic rings. The van der Waals surface area contributed by atoms with Crippen molar-refractivity contribution in [2.24, 2.45) is 0 Å². The van der Waals surface area contributed by atoms with Gasteiger partial charge in [0.2, 0.25) is 5.91 Å². The van der Waals surface area contributed by atoms with Crippen LogP contribution in [0.15, 0.2) is 30.3 Å². The molecule has 0 spiro atoms. The third kappa shape index (κ3) is 5.36. The van der Waals surface area contributed by atoms with Crippen molar-refractivity contribution < 1.29 is 9.90 Å². The summed E-state index contributed by atoms with van der Waals surface area (Å²) in [5.41, 5.74) is 1.33. The van der Waals surface area contributed by atoms with E-state index in [1.807, 2.05) is 11.0 Å². The van der Waals surface area contributed by atoms with Gasteiger partial charge in [-0.1, -0.05) is 30.3 Å². The highest BCUT2D eigenvalue weighted by molar-refractivity contribution is 7.99. The fourth-order valence-electron chi connectivity index (χ4n) is 2.87. The standard InChI is InChI=1S/C17H25NO2S/c19-12-5-9-16-8-4-11-18(16)17(20)14-21-13-10-15-6-2-1-3-7-15/h1-3,6-7,16,19H,4-5,8-14H2. The predicted molar refractivity (Wildman–Crippen MR) is 88.5 cm³/mol. The van der Waals surface area contributed by atoms with Crippen LogP contribution in [0.5, 0.6) is 0 Å². The molecule has 116 valence electrons.